The van der Waals surface area contributed by atoms with E-state index in [1.165, 1.54) is 12.4 Å². The molecule has 2 aliphatic heterocycles. The number of hydrogen-bond donors (Lipinski definition) is 4. The van der Waals surface area contributed by atoms with Crippen molar-refractivity contribution in [3.05, 3.63) is 71.9 Å². The molecule has 0 spiro atoms. The van der Waals surface area contributed by atoms with Crippen LogP contribution in [0.3, 0.4) is 0 Å². The van der Waals surface area contributed by atoms with Crippen LogP contribution in [0.15, 0.2) is 66.3 Å². The summed E-state index contributed by atoms with van der Waals surface area (Å²) in [6.07, 6.45) is 7.84. The Balaban J connectivity index is 1.45. The normalized spacial score (nSPS) is 31.7. The van der Waals surface area contributed by atoms with Crippen molar-refractivity contribution in [1.82, 2.24) is 19.9 Å². The lowest BCUT2D eigenvalue weighted by Gasteiger charge is -2.62. The molecule has 2 aliphatic carbocycles. The Morgan fingerprint density at radius 3 is 2.62 bits per heavy atom. The molecule has 13 heteroatoms. The standard InChI is InChI=1S/C37H48N6O7/c1-5-49-34(47)32(23-19-40-35(38)41-20-23)28-16-24(33(46)50-28)26(42-31-8-6-7-11-39-31)17-25-22(2)27(43-12-14-48-15-13-43)18-29-36(25,3)10-9-30(45)37(29,4)21-44/h6-8,11,16,19-20,25-27,29-30,44-45H,2,5,9-10,12-15,17-18,21H2,1,3-4H3,(H,39,42)(H2,38,40,41)/b32-28-/t25?,26?,27?,29?,30-,36-,37+/m1/s1. The summed E-state index contributed by atoms with van der Waals surface area (Å²) in [6.45, 7) is 13.4. The van der Waals surface area contributed by atoms with Gasteiger partial charge in [0, 0.05) is 48.7 Å². The maximum Gasteiger partial charge on any atom is 0.342 e. The Morgan fingerprint density at radius 2 is 1.96 bits per heavy atom. The molecule has 4 aliphatic rings. The number of anilines is 2. The van der Waals surface area contributed by atoms with Crippen molar-refractivity contribution in [2.45, 2.75) is 64.6 Å². The van der Waals surface area contributed by atoms with E-state index in [1.807, 2.05) is 25.1 Å². The summed E-state index contributed by atoms with van der Waals surface area (Å²) >= 11 is 0. The minimum absolute atomic E-state index is 0.00505. The highest BCUT2D eigenvalue weighted by Crippen LogP contribution is 2.62. The zero-order chi connectivity index (χ0) is 35.6. The molecule has 6 rings (SSSR count). The fraction of sp³-hybridized carbons (Fsp3) is 0.541. The summed E-state index contributed by atoms with van der Waals surface area (Å²) in [5.41, 5.74) is 6.29. The second-order valence-electron chi connectivity index (χ2n) is 14.2. The van der Waals surface area contributed by atoms with E-state index >= 15 is 0 Å². The Labute approximate surface area is 292 Å². The highest BCUT2D eigenvalue weighted by Gasteiger charge is 2.60. The van der Waals surface area contributed by atoms with Gasteiger partial charge in [-0.3, -0.25) is 4.90 Å². The lowest BCUT2D eigenvalue weighted by atomic mass is 9.45. The van der Waals surface area contributed by atoms with Gasteiger partial charge in [0.25, 0.3) is 0 Å². The first kappa shape index (κ1) is 35.6. The quantitative estimate of drug-likeness (QED) is 0.163. The third-order valence-corrected chi connectivity index (χ3v) is 11.5. The van der Waals surface area contributed by atoms with E-state index in [0.717, 1.165) is 31.5 Å². The number of morpholine rings is 1. The minimum atomic E-state index is -0.725. The zero-order valence-electron chi connectivity index (χ0n) is 29.0. The molecule has 0 aromatic carbocycles. The number of pyridine rings is 1. The second kappa shape index (κ2) is 14.6. The number of cyclic esters (lactones) is 1. The van der Waals surface area contributed by atoms with Crippen LogP contribution in [0, 0.1) is 22.7 Å². The molecule has 2 saturated carbocycles. The van der Waals surface area contributed by atoms with Crippen LogP contribution in [0.4, 0.5) is 11.8 Å². The van der Waals surface area contributed by atoms with Crippen LogP contribution in [0.1, 0.15) is 52.0 Å². The van der Waals surface area contributed by atoms with E-state index in [-0.39, 0.29) is 53.8 Å². The summed E-state index contributed by atoms with van der Waals surface area (Å²) in [5, 5.41) is 25.6. The SMILES string of the molecule is C=C1C(N2CCOCC2)CC2[C@](C)(CC[C@@H](O)[C@@]2(C)CO)C1CC(Nc1ccccn1)C1=C/C(=C(/C(=O)OCC)c2cnc(N)nc2)OC1=O. The highest BCUT2D eigenvalue weighted by atomic mass is 16.6. The average molecular weight is 689 g/mol. The molecule has 0 radical (unpaired) electrons. The predicted molar refractivity (Wildman–Crippen MR) is 186 cm³/mol. The molecular formula is C37H48N6O7. The van der Waals surface area contributed by atoms with E-state index in [4.69, 9.17) is 26.5 Å². The maximum absolute atomic E-state index is 13.9. The monoisotopic (exact) mass is 688 g/mol. The molecule has 5 N–H and O–H groups in total. The van der Waals surface area contributed by atoms with Crippen LogP contribution < -0.4 is 11.1 Å². The van der Waals surface area contributed by atoms with Gasteiger partial charge in [0.05, 0.1) is 44.1 Å². The van der Waals surface area contributed by atoms with Gasteiger partial charge in [-0.25, -0.2) is 24.5 Å². The maximum atomic E-state index is 13.9. The lowest BCUT2D eigenvalue weighted by Crippen LogP contribution is -2.62. The molecule has 0 bridgehead atoms. The molecule has 2 aromatic rings. The van der Waals surface area contributed by atoms with Crippen molar-refractivity contribution in [3.63, 3.8) is 0 Å². The summed E-state index contributed by atoms with van der Waals surface area (Å²) in [4.78, 5) is 42.1. The van der Waals surface area contributed by atoms with Gasteiger partial charge in [-0.2, -0.15) is 0 Å². The number of fused-ring (bicyclic) bond motifs is 1. The Kier molecular flexibility index (Phi) is 10.4. The van der Waals surface area contributed by atoms with E-state index in [0.29, 0.717) is 43.0 Å². The number of nitrogens with two attached hydrogens (primary N) is 1. The van der Waals surface area contributed by atoms with Gasteiger partial charge in [-0.1, -0.05) is 32.1 Å². The van der Waals surface area contributed by atoms with Crippen molar-refractivity contribution in [2.24, 2.45) is 22.7 Å². The number of esters is 2. The fourth-order valence-corrected chi connectivity index (χ4v) is 8.74. The number of carbonyl (C=O) groups is 2. The van der Waals surface area contributed by atoms with Crippen molar-refractivity contribution < 1.29 is 34.0 Å². The molecule has 13 nitrogen and oxygen atoms in total. The van der Waals surface area contributed by atoms with Gasteiger partial charge < -0.3 is 35.5 Å². The van der Waals surface area contributed by atoms with Crippen LogP contribution in [0.2, 0.25) is 0 Å². The Morgan fingerprint density at radius 1 is 1.22 bits per heavy atom. The van der Waals surface area contributed by atoms with Crippen LogP contribution in [0.5, 0.6) is 0 Å². The molecule has 50 heavy (non-hydrogen) atoms. The third-order valence-electron chi connectivity index (χ3n) is 11.5. The molecule has 4 heterocycles. The van der Waals surface area contributed by atoms with Gasteiger partial charge >= 0.3 is 11.9 Å². The summed E-state index contributed by atoms with van der Waals surface area (Å²) in [5.74, 6) is -0.857. The van der Waals surface area contributed by atoms with Crippen molar-refractivity contribution in [2.75, 3.05) is 50.6 Å². The van der Waals surface area contributed by atoms with Gasteiger partial charge in [0.2, 0.25) is 5.95 Å². The van der Waals surface area contributed by atoms with Gasteiger partial charge in [0.1, 0.15) is 17.2 Å². The first-order chi connectivity index (χ1) is 24.0. The van der Waals surface area contributed by atoms with Gasteiger partial charge in [0.15, 0.2) is 0 Å². The molecule has 268 valence electrons. The van der Waals surface area contributed by atoms with Crippen LogP contribution in [-0.4, -0.2) is 99.7 Å². The molecule has 7 atom stereocenters. The fourth-order valence-electron chi connectivity index (χ4n) is 8.74. The number of aliphatic hydroxyl groups is 2. The molecule has 0 amide bonds. The van der Waals surface area contributed by atoms with Crippen LogP contribution in [0.25, 0.3) is 5.57 Å². The number of nitrogen functional groups attached to an aromatic ring is 1. The number of rotatable bonds is 10. The average Bonchev–Trinajstić information content (AvgIpc) is 3.50. The summed E-state index contributed by atoms with van der Waals surface area (Å²) in [7, 11) is 0. The number of aliphatic hydroxyl groups excluding tert-OH is 2. The van der Waals surface area contributed by atoms with E-state index < -0.39 is 29.5 Å². The zero-order valence-corrected chi connectivity index (χ0v) is 29.0. The minimum Gasteiger partial charge on any atom is -0.462 e. The number of nitrogens with one attached hydrogen (secondary N) is 1. The number of nitrogens with zero attached hydrogens (tertiary/aromatic N) is 4. The summed E-state index contributed by atoms with van der Waals surface area (Å²) < 4.78 is 16.9. The van der Waals surface area contributed by atoms with Crippen LogP contribution >= 0.6 is 0 Å². The first-order valence-corrected chi connectivity index (χ1v) is 17.4. The molecule has 1 saturated heterocycles. The number of aromatic nitrogens is 3. The number of hydrogen-bond acceptors (Lipinski definition) is 13. The van der Waals surface area contributed by atoms with Crippen molar-refractivity contribution in [1.29, 1.82) is 0 Å². The van der Waals surface area contributed by atoms with Crippen molar-refractivity contribution >= 4 is 29.3 Å². The van der Waals surface area contributed by atoms with Crippen LogP contribution in [-0.2, 0) is 23.8 Å². The van der Waals surface area contributed by atoms with E-state index in [2.05, 4.69) is 32.1 Å². The van der Waals surface area contributed by atoms with E-state index in [9.17, 15) is 19.8 Å². The molecule has 3 fully saturated rings. The van der Waals surface area contributed by atoms with Gasteiger partial charge in [-0.15, -0.1) is 0 Å². The number of carbonyl (C=O) groups excluding carboxylic acids is 2. The highest BCUT2D eigenvalue weighted by molar-refractivity contribution is 6.18. The Hall–Kier alpha value is -4.17. The predicted octanol–water partition coefficient (Wildman–Crippen LogP) is 3.13. The lowest BCUT2D eigenvalue weighted by molar-refractivity contribution is -0.163. The third kappa shape index (κ3) is 6.67. The van der Waals surface area contributed by atoms with Gasteiger partial charge in [-0.05, 0) is 68.1 Å². The second-order valence-corrected chi connectivity index (χ2v) is 14.2. The largest absolute Gasteiger partial charge is 0.462 e. The Bertz CT molecular complexity index is 1640. The molecular weight excluding hydrogens is 640 g/mol. The van der Waals surface area contributed by atoms with E-state index in [1.54, 1.807) is 19.2 Å². The number of ether oxygens (including phenoxy) is 3. The molecule has 2 aromatic heterocycles. The smallest absolute Gasteiger partial charge is 0.342 e. The van der Waals surface area contributed by atoms with Crippen molar-refractivity contribution in [3.8, 4) is 0 Å². The molecule has 4 unspecified atom stereocenters. The summed E-state index contributed by atoms with van der Waals surface area (Å²) in [6, 6.07) is 4.89. The topological polar surface area (TPSA) is 182 Å². The first-order valence-electron chi connectivity index (χ1n) is 17.4. The number of allylic oxidation sites excluding steroid dienone is 1.